The molecule has 0 aliphatic carbocycles. The van der Waals surface area contributed by atoms with Crippen LogP contribution in [0.15, 0.2) is 12.1 Å². The molecule has 1 aliphatic heterocycles. The van der Waals surface area contributed by atoms with Gasteiger partial charge in [0.15, 0.2) is 11.5 Å². The van der Waals surface area contributed by atoms with Gasteiger partial charge in [-0.05, 0) is 36.1 Å². The monoisotopic (exact) mass is 251 g/mol. The van der Waals surface area contributed by atoms with Gasteiger partial charge in [0.05, 0.1) is 20.3 Å². The van der Waals surface area contributed by atoms with Crippen molar-refractivity contribution in [1.82, 2.24) is 5.06 Å². The smallest absolute Gasteiger partial charge is 0.161 e. The van der Waals surface area contributed by atoms with Crippen molar-refractivity contribution < 1.29 is 14.7 Å². The number of ether oxygens (including phenoxy) is 2. The van der Waals surface area contributed by atoms with Crippen LogP contribution in [-0.4, -0.2) is 31.0 Å². The average molecular weight is 251 g/mol. The predicted molar refractivity (Wildman–Crippen MR) is 69.4 cm³/mol. The second-order valence-electron chi connectivity index (χ2n) is 4.62. The molecule has 4 nitrogen and oxygen atoms in total. The van der Waals surface area contributed by atoms with Crippen LogP contribution in [0.5, 0.6) is 11.5 Å². The van der Waals surface area contributed by atoms with E-state index in [1.165, 1.54) is 10.6 Å². The van der Waals surface area contributed by atoms with Crippen LogP contribution in [-0.2, 0) is 6.42 Å². The summed E-state index contributed by atoms with van der Waals surface area (Å²) in [4.78, 5) is 0. The number of fused-ring (bicyclic) bond motifs is 1. The lowest BCUT2D eigenvalue weighted by atomic mass is 9.91. The van der Waals surface area contributed by atoms with Gasteiger partial charge in [-0.3, -0.25) is 0 Å². The topological polar surface area (TPSA) is 41.9 Å². The molecule has 100 valence electrons. The Morgan fingerprint density at radius 2 is 1.94 bits per heavy atom. The largest absolute Gasteiger partial charge is 0.493 e. The third-order valence-corrected chi connectivity index (χ3v) is 3.54. The Morgan fingerprint density at radius 1 is 1.28 bits per heavy atom. The highest BCUT2D eigenvalue weighted by molar-refractivity contribution is 5.49. The van der Waals surface area contributed by atoms with Crippen LogP contribution < -0.4 is 9.47 Å². The van der Waals surface area contributed by atoms with Crippen molar-refractivity contribution in [3.8, 4) is 11.5 Å². The lowest BCUT2D eigenvalue weighted by Gasteiger charge is -2.33. The minimum atomic E-state index is 0.0681. The molecule has 0 bridgehead atoms. The van der Waals surface area contributed by atoms with E-state index >= 15 is 0 Å². The van der Waals surface area contributed by atoms with Gasteiger partial charge < -0.3 is 14.7 Å². The molecule has 0 radical (unpaired) electrons. The second kappa shape index (κ2) is 5.59. The molecule has 0 spiro atoms. The number of benzene rings is 1. The van der Waals surface area contributed by atoms with Crippen LogP contribution in [0.4, 0.5) is 0 Å². The first kappa shape index (κ1) is 13.2. The lowest BCUT2D eigenvalue weighted by molar-refractivity contribution is -0.135. The van der Waals surface area contributed by atoms with E-state index in [4.69, 9.17) is 9.47 Å². The van der Waals surface area contributed by atoms with Gasteiger partial charge >= 0.3 is 0 Å². The molecular weight excluding hydrogens is 230 g/mol. The van der Waals surface area contributed by atoms with E-state index in [-0.39, 0.29) is 6.04 Å². The van der Waals surface area contributed by atoms with Gasteiger partial charge in [-0.1, -0.05) is 13.3 Å². The Hall–Kier alpha value is -1.26. The van der Waals surface area contributed by atoms with Crippen LogP contribution in [0.3, 0.4) is 0 Å². The molecule has 1 aliphatic rings. The number of hydroxylamine groups is 2. The zero-order valence-electron chi connectivity index (χ0n) is 11.3. The zero-order chi connectivity index (χ0) is 13.1. The molecule has 0 aromatic heterocycles. The van der Waals surface area contributed by atoms with Crippen molar-refractivity contribution in [1.29, 1.82) is 0 Å². The first-order valence-electron chi connectivity index (χ1n) is 6.41. The van der Waals surface area contributed by atoms with Crippen LogP contribution in [0.25, 0.3) is 0 Å². The van der Waals surface area contributed by atoms with E-state index < -0.39 is 0 Å². The van der Waals surface area contributed by atoms with Gasteiger partial charge in [-0.15, -0.1) is 0 Å². The number of nitrogens with zero attached hydrogens (tertiary/aromatic N) is 1. The van der Waals surface area contributed by atoms with Crippen molar-refractivity contribution in [3.05, 3.63) is 23.3 Å². The number of hydrogen-bond acceptors (Lipinski definition) is 4. The van der Waals surface area contributed by atoms with E-state index in [1.54, 1.807) is 14.2 Å². The molecule has 1 aromatic carbocycles. The van der Waals surface area contributed by atoms with Crippen LogP contribution in [0.1, 0.15) is 36.9 Å². The SMILES string of the molecule is CCC[C@H]1c2cc(OC)c(OC)cc2CCN1O. The summed E-state index contributed by atoms with van der Waals surface area (Å²) in [5, 5.41) is 11.4. The van der Waals surface area contributed by atoms with Gasteiger partial charge in [0, 0.05) is 6.54 Å². The van der Waals surface area contributed by atoms with Crippen molar-refractivity contribution in [2.75, 3.05) is 20.8 Å². The fourth-order valence-electron chi connectivity index (χ4n) is 2.59. The normalized spacial score (nSPS) is 19.4. The first-order chi connectivity index (χ1) is 8.71. The molecule has 1 aromatic rings. The molecule has 1 N–H and O–H groups in total. The van der Waals surface area contributed by atoms with Gasteiger partial charge in [-0.25, -0.2) is 0 Å². The molecule has 0 saturated carbocycles. The summed E-state index contributed by atoms with van der Waals surface area (Å²) in [6.45, 7) is 2.80. The molecule has 0 fully saturated rings. The summed E-state index contributed by atoms with van der Waals surface area (Å²) in [6.07, 6.45) is 2.82. The van der Waals surface area contributed by atoms with E-state index in [0.29, 0.717) is 6.54 Å². The number of methoxy groups -OCH3 is 2. The Balaban J connectivity index is 2.44. The molecular formula is C14H21NO3. The molecule has 0 amide bonds. The summed E-state index contributed by atoms with van der Waals surface area (Å²) in [5.74, 6) is 1.49. The minimum Gasteiger partial charge on any atom is -0.493 e. The highest BCUT2D eigenvalue weighted by Gasteiger charge is 2.27. The van der Waals surface area contributed by atoms with E-state index in [2.05, 4.69) is 6.92 Å². The highest BCUT2D eigenvalue weighted by Crippen LogP contribution is 2.38. The Bertz CT molecular complexity index is 420. The number of rotatable bonds is 4. The maximum atomic E-state index is 10.00. The third kappa shape index (κ3) is 2.31. The van der Waals surface area contributed by atoms with Gasteiger partial charge in [-0.2, -0.15) is 5.06 Å². The van der Waals surface area contributed by atoms with Gasteiger partial charge in [0.1, 0.15) is 0 Å². The van der Waals surface area contributed by atoms with Gasteiger partial charge in [0.2, 0.25) is 0 Å². The fraction of sp³-hybridized carbons (Fsp3) is 0.571. The quantitative estimate of drug-likeness (QED) is 0.893. The fourth-order valence-corrected chi connectivity index (χ4v) is 2.59. The second-order valence-corrected chi connectivity index (χ2v) is 4.62. The average Bonchev–Trinajstić information content (AvgIpc) is 2.40. The van der Waals surface area contributed by atoms with Crippen molar-refractivity contribution >= 4 is 0 Å². The predicted octanol–water partition coefficient (Wildman–Crippen LogP) is 2.79. The maximum absolute atomic E-state index is 10.00. The van der Waals surface area contributed by atoms with Crippen LogP contribution in [0.2, 0.25) is 0 Å². The molecule has 0 saturated heterocycles. The lowest BCUT2D eigenvalue weighted by Crippen LogP contribution is -2.32. The molecule has 4 heteroatoms. The molecule has 1 atom stereocenters. The summed E-state index contributed by atoms with van der Waals surface area (Å²) in [7, 11) is 3.29. The maximum Gasteiger partial charge on any atom is 0.161 e. The Labute approximate surface area is 108 Å². The third-order valence-electron chi connectivity index (χ3n) is 3.54. The Kier molecular flexibility index (Phi) is 4.09. The standard InChI is InChI=1S/C14H21NO3/c1-4-5-12-11-9-14(18-3)13(17-2)8-10(11)6-7-15(12)16/h8-9,12,16H,4-7H2,1-3H3/t12-/m0/s1. The summed E-state index contributed by atoms with van der Waals surface area (Å²) < 4.78 is 10.7. The van der Waals surface area contributed by atoms with Crippen LogP contribution in [0, 0.1) is 0 Å². The molecule has 1 heterocycles. The zero-order valence-corrected chi connectivity index (χ0v) is 11.3. The van der Waals surface area contributed by atoms with Crippen molar-refractivity contribution in [3.63, 3.8) is 0 Å². The number of hydrogen-bond donors (Lipinski definition) is 1. The Morgan fingerprint density at radius 3 is 2.56 bits per heavy atom. The van der Waals surface area contributed by atoms with E-state index in [9.17, 15) is 5.21 Å². The summed E-state index contributed by atoms with van der Waals surface area (Å²) in [5.41, 5.74) is 2.40. The minimum absolute atomic E-state index is 0.0681. The van der Waals surface area contributed by atoms with Crippen LogP contribution >= 0.6 is 0 Å². The summed E-state index contributed by atoms with van der Waals surface area (Å²) in [6, 6.07) is 4.10. The van der Waals surface area contributed by atoms with Gasteiger partial charge in [0.25, 0.3) is 0 Å². The molecule has 2 rings (SSSR count). The highest BCUT2D eigenvalue weighted by atomic mass is 16.5. The first-order valence-corrected chi connectivity index (χ1v) is 6.41. The van der Waals surface area contributed by atoms with Crippen molar-refractivity contribution in [2.45, 2.75) is 32.2 Å². The van der Waals surface area contributed by atoms with E-state index in [0.717, 1.165) is 36.3 Å². The molecule has 0 unspecified atom stereocenters. The van der Waals surface area contributed by atoms with E-state index in [1.807, 2.05) is 12.1 Å². The van der Waals surface area contributed by atoms with Crippen molar-refractivity contribution in [2.24, 2.45) is 0 Å². The molecule has 18 heavy (non-hydrogen) atoms. The summed E-state index contributed by atoms with van der Waals surface area (Å²) >= 11 is 0.